The third-order valence-electron chi connectivity index (χ3n) is 5.98. The van der Waals surface area contributed by atoms with Crippen molar-refractivity contribution in [3.63, 3.8) is 0 Å². The van der Waals surface area contributed by atoms with Gasteiger partial charge in [0.1, 0.15) is 11.6 Å². The third kappa shape index (κ3) is 3.81. The molecule has 1 N–H and O–H groups in total. The molecule has 3 aliphatic rings. The van der Waals surface area contributed by atoms with Crippen molar-refractivity contribution in [2.24, 2.45) is 0 Å². The van der Waals surface area contributed by atoms with E-state index in [0.717, 1.165) is 62.4 Å². The number of hydrogen-bond acceptors (Lipinski definition) is 4. The highest BCUT2D eigenvalue weighted by Gasteiger charge is 2.24. The molecule has 0 radical (unpaired) electrons. The molecule has 3 heterocycles. The van der Waals surface area contributed by atoms with Crippen LogP contribution in [0.15, 0.2) is 30.3 Å². The summed E-state index contributed by atoms with van der Waals surface area (Å²) in [5.41, 5.74) is 4.57. The van der Waals surface area contributed by atoms with Crippen molar-refractivity contribution < 1.29 is 16.7 Å². The summed E-state index contributed by atoms with van der Waals surface area (Å²) in [6, 6.07) is 8.92. The van der Waals surface area contributed by atoms with Crippen LogP contribution in [0.4, 0.5) is 15.8 Å². The van der Waals surface area contributed by atoms with Gasteiger partial charge in [0.05, 0.1) is 6.61 Å². The van der Waals surface area contributed by atoms with Gasteiger partial charge in [-0.05, 0) is 36.1 Å². The molecule has 1 saturated heterocycles. The largest absolute Gasteiger partial charge is 0.493 e. The molecular formula is C23H26FN3O2. The summed E-state index contributed by atoms with van der Waals surface area (Å²) >= 11 is 0. The average molecular weight is 397 g/mol. The van der Waals surface area contributed by atoms with Gasteiger partial charge in [-0.1, -0.05) is 12.1 Å². The van der Waals surface area contributed by atoms with Crippen molar-refractivity contribution in [3.05, 3.63) is 52.8 Å². The van der Waals surface area contributed by atoms with Crippen LogP contribution < -0.4 is 15.0 Å². The molecular weight excluding hydrogens is 369 g/mol. The van der Waals surface area contributed by atoms with Crippen LogP contribution in [-0.4, -0.2) is 50.1 Å². The Morgan fingerprint density at radius 2 is 2.00 bits per heavy atom. The van der Waals surface area contributed by atoms with E-state index in [-0.39, 0.29) is 5.82 Å². The van der Waals surface area contributed by atoms with Crippen LogP contribution in [0.5, 0.6) is 5.75 Å². The molecule has 2 unspecified atom stereocenters. The first-order valence-electron chi connectivity index (χ1n) is 11.4. The van der Waals surface area contributed by atoms with Crippen LogP contribution >= 0.6 is 0 Å². The fraction of sp³-hybridized carbons (Fsp3) is 0.435. The van der Waals surface area contributed by atoms with E-state index >= 15 is 0 Å². The molecule has 0 bridgehead atoms. The second-order valence-corrected chi connectivity index (χ2v) is 7.82. The molecule has 29 heavy (non-hydrogen) atoms. The minimum Gasteiger partial charge on any atom is -0.493 e. The number of carbonyl (C=O) groups is 1. The fourth-order valence-corrected chi connectivity index (χ4v) is 4.38. The SMILES string of the molecule is [2H]C1C(=O)Nc2cc(CCN3CCN(c4cc(F)cc5c4CCO5)CC3)ccc2C1[2H]. The van der Waals surface area contributed by atoms with Crippen molar-refractivity contribution in [2.75, 3.05) is 49.5 Å². The molecule has 0 aromatic heterocycles. The highest BCUT2D eigenvalue weighted by atomic mass is 19.1. The summed E-state index contributed by atoms with van der Waals surface area (Å²) in [7, 11) is 0. The minimum absolute atomic E-state index is 0.246. The van der Waals surface area contributed by atoms with Gasteiger partial charge < -0.3 is 15.0 Å². The van der Waals surface area contributed by atoms with Crippen molar-refractivity contribution in [1.82, 2.24) is 4.90 Å². The van der Waals surface area contributed by atoms with Gasteiger partial charge in [-0.2, -0.15) is 0 Å². The van der Waals surface area contributed by atoms with Crippen molar-refractivity contribution in [3.8, 4) is 5.75 Å². The van der Waals surface area contributed by atoms with Crippen molar-refractivity contribution in [1.29, 1.82) is 0 Å². The van der Waals surface area contributed by atoms with E-state index in [9.17, 15) is 9.18 Å². The summed E-state index contributed by atoms with van der Waals surface area (Å²) in [6.07, 6.45) is -0.222. The normalized spacial score (nSPS) is 24.9. The Balaban J connectivity index is 1.19. The lowest BCUT2D eigenvalue weighted by molar-refractivity contribution is -0.116. The zero-order valence-electron chi connectivity index (χ0n) is 18.3. The third-order valence-corrected chi connectivity index (χ3v) is 5.98. The second kappa shape index (κ2) is 7.67. The number of amides is 1. The Bertz CT molecular complexity index is 1010. The number of hydrogen-bond donors (Lipinski definition) is 1. The molecule has 2 aromatic carbocycles. The van der Waals surface area contributed by atoms with Gasteiger partial charge in [-0.15, -0.1) is 0 Å². The molecule has 6 heteroatoms. The zero-order chi connectivity index (χ0) is 21.5. The molecule has 0 spiro atoms. The van der Waals surface area contributed by atoms with E-state index in [2.05, 4.69) is 15.1 Å². The number of benzene rings is 2. The monoisotopic (exact) mass is 397 g/mol. The van der Waals surface area contributed by atoms with Gasteiger partial charge >= 0.3 is 0 Å². The maximum Gasteiger partial charge on any atom is 0.224 e. The topological polar surface area (TPSA) is 44.8 Å². The van der Waals surface area contributed by atoms with Gasteiger partial charge in [0.15, 0.2) is 0 Å². The lowest BCUT2D eigenvalue weighted by Crippen LogP contribution is -2.47. The maximum atomic E-state index is 14.0. The number of aryl methyl sites for hydroxylation is 1. The lowest BCUT2D eigenvalue weighted by Gasteiger charge is -2.37. The van der Waals surface area contributed by atoms with Gasteiger partial charge in [0.25, 0.3) is 0 Å². The molecule has 0 saturated carbocycles. The highest BCUT2D eigenvalue weighted by molar-refractivity contribution is 5.93. The van der Waals surface area contributed by atoms with Crippen LogP contribution in [0.2, 0.25) is 0 Å². The Hall–Kier alpha value is -2.60. The van der Waals surface area contributed by atoms with Gasteiger partial charge in [0.2, 0.25) is 5.91 Å². The fourth-order valence-electron chi connectivity index (χ4n) is 4.38. The molecule has 0 aliphatic carbocycles. The predicted octanol–water partition coefficient (Wildman–Crippen LogP) is 3.01. The van der Waals surface area contributed by atoms with E-state index in [1.54, 1.807) is 6.07 Å². The smallest absolute Gasteiger partial charge is 0.224 e. The van der Waals surface area contributed by atoms with E-state index in [4.69, 9.17) is 7.48 Å². The molecule has 152 valence electrons. The average Bonchev–Trinajstić information content (AvgIpc) is 3.24. The van der Waals surface area contributed by atoms with Gasteiger partial charge in [-0.3, -0.25) is 9.69 Å². The number of ether oxygens (including phenoxy) is 1. The number of piperazine rings is 1. The number of fused-ring (bicyclic) bond motifs is 2. The lowest BCUT2D eigenvalue weighted by atomic mass is 9.99. The maximum absolute atomic E-state index is 14.0. The van der Waals surface area contributed by atoms with Crippen LogP contribution in [-0.2, 0) is 24.0 Å². The van der Waals surface area contributed by atoms with Crippen LogP contribution in [0.3, 0.4) is 0 Å². The summed E-state index contributed by atoms with van der Waals surface area (Å²) in [5.74, 6) is 0.0304. The first kappa shape index (κ1) is 16.2. The van der Waals surface area contributed by atoms with Gasteiger partial charge in [-0.25, -0.2) is 4.39 Å². The zero-order valence-corrected chi connectivity index (χ0v) is 16.3. The van der Waals surface area contributed by atoms with Crippen LogP contribution in [0.1, 0.15) is 25.8 Å². The quantitative estimate of drug-likeness (QED) is 0.862. The summed E-state index contributed by atoms with van der Waals surface area (Å²) in [5, 5.41) is 2.76. The van der Waals surface area contributed by atoms with Crippen LogP contribution in [0, 0.1) is 5.82 Å². The Morgan fingerprint density at radius 1 is 1.14 bits per heavy atom. The predicted molar refractivity (Wildman–Crippen MR) is 111 cm³/mol. The summed E-state index contributed by atoms with van der Waals surface area (Å²) < 4.78 is 35.4. The first-order valence-corrected chi connectivity index (χ1v) is 10.2. The van der Waals surface area contributed by atoms with Gasteiger partial charge in [0, 0.05) is 71.3 Å². The number of rotatable bonds is 4. The summed E-state index contributed by atoms with van der Waals surface area (Å²) in [6.45, 7) is 5.03. The number of nitrogens with zero attached hydrogens (tertiary/aromatic N) is 2. The van der Waals surface area contributed by atoms with Crippen molar-refractivity contribution >= 4 is 17.3 Å². The minimum atomic E-state index is -1.07. The van der Waals surface area contributed by atoms with Crippen LogP contribution in [0.25, 0.3) is 0 Å². The second-order valence-electron chi connectivity index (χ2n) is 7.82. The molecule has 2 aromatic rings. The van der Waals surface area contributed by atoms with E-state index in [1.807, 2.05) is 18.2 Å². The molecule has 1 fully saturated rings. The highest BCUT2D eigenvalue weighted by Crippen LogP contribution is 2.35. The number of nitrogens with one attached hydrogen (secondary N) is 1. The number of carbonyl (C=O) groups excluding carboxylic acids is 1. The first-order chi connectivity index (χ1) is 15.0. The van der Waals surface area contributed by atoms with E-state index < -0.39 is 18.7 Å². The van der Waals surface area contributed by atoms with E-state index in [1.165, 1.54) is 6.07 Å². The Labute approximate surface area is 173 Å². The molecule has 5 nitrogen and oxygen atoms in total. The molecule has 2 atom stereocenters. The Kier molecular flexibility index (Phi) is 4.29. The molecule has 1 amide bonds. The van der Waals surface area contributed by atoms with E-state index in [0.29, 0.717) is 23.6 Å². The molecule has 3 aliphatic heterocycles. The number of anilines is 2. The Morgan fingerprint density at radius 3 is 2.86 bits per heavy atom. The molecule has 5 rings (SSSR count). The standard InChI is InChI=1S/C23H26FN3O2/c24-18-14-21(19-6-12-29-22(19)15-18)27-10-8-26(9-11-27)7-5-16-1-2-17-3-4-23(28)25-20(17)13-16/h1-2,13-15H,3-12H2,(H,25,28)/i3D,4D. The number of halogens is 1. The van der Waals surface area contributed by atoms with Crippen molar-refractivity contribution in [2.45, 2.75) is 25.6 Å². The summed E-state index contributed by atoms with van der Waals surface area (Å²) in [4.78, 5) is 16.5.